The normalized spacial score (nSPS) is 15.1. The minimum atomic E-state index is -4.28. The zero-order chi connectivity index (χ0) is 15.2. The van der Waals surface area contributed by atoms with Crippen LogP contribution in [0.15, 0.2) is 24.3 Å². The second kappa shape index (κ2) is 7.11. The molecule has 0 radical (unpaired) electrons. The fourth-order valence-corrected chi connectivity index (χ4v) is 2.55. The van der Waals surface area contributed by atoms with Crippen LogP contribution in [0.1, 0.15) is 50.7 Å². The van der Waals surface area contributed by atoms with E-state index in [1.807, 2.05) is 0 Å². The van der Waals surface area contributed by atoms with Crippen molar-refractivity contribution >= 4 is 0 Å². The van der Waals surface area contributed by atoms with E-state index in [1.54, 1.807) is 6.07 Å². The quantitative estimate of drug-likeness (QED) is 0.766. The Labute approximate surface area is 119 Å². The van der Waals surface area contributed by atoms with Gasteiger partial charge in [0.2, 0.25) is 0 Å². The molecule has 0 saturated carbocycles. The summed E-state index contributed by atoms with van der Waals surface area (Å²) in [7, 11) is 0. The Bertz CT molecular complexity index is 408. The zero-order valence-electron chi connectivity index (χ0n) is 12.3. The molecule has 0 fully saturated rings. The molecule has 1 aromatic carbocycles. The first-order valence-corrected chi connectivity index (χ1v) is 7.23. The van der Waals surface area contributed by atoms with Crippen molar-refractivity contribution < 1.29 is 13.2 Å². The third kappa shape index (κ3) is 4.51. The van der Waals surface area contributed by atoms with Gasteiger partial charge >= 0.3 is 6.18 Å². The van der Waals surface area contributed by atoms with Crippen LogP contribution >= 0.6 is 0 Å². The number of rotatable bonds is 7. The second-order valence-electron chi connectivity index (χ2n) is 5.54. The molecule has 1 aromatic rings. The first-order chi connectivity index (χ1) is 9.37. The largest absolute Gasteiger partial charge is 0.416 e. The molecule has 0 aliphatic rings. The highest BCUT2D eigenvalue weighted by Crippen LogP contribution is 2.34. The molecule has 0 spiro atoms. The molecule has 0 aliphatic heterocycles. The van der Waals surface area contributed by atoms with E-state index in [9.17, 15) is 13.2 Å². The lowest BCUT2D eigenvalue weighted by Crippen LogP contribution is -2.32. The maximum Gasteiger partial charge on any atom is 0.416 e. The summed E-state index contributed by atoms with van der Waals surface area (Å²) in [6.45, 7) is 4.69. The topological polar surface area (TPSA) is 26.0 Å². The number of benzene rings is 1. The molecule has 2 N–H and O–H groups in total. The average Bonchev–Trinajstić information content (AvgIpc) is 2.43. The van der Waals surface area contributed by atoms with Crippen LogP contribution in [-0.4, -0.2) is 6.54 Å². The summed E-state index contributed by atoms with van der Waals surface area (Å²) < 4.78 is 38.2. The van der Waals surface area contributed by atoms with Crippen molar-refractivity contribution in [3.05, 3.63) is 35.4 Å². The highest BCUT2D eigenvalue weighted by molar-refractivity contribution is 5.26. The molecule has 20 heavy (non-hydrogen) atoms. The SMILES string of the molecule is CCCCC(CC)(CN)Cc1cccc(C(F)(F)F)c1. The van der Waals surface area contributed by atoms with Crippen molar-refractivity contribution in [3.63, 3.8) is 0 Å². The first kappa shape index (κ1) is 17.0. The van der Waals surface area contributed by atoms with Gasteiger partial charge in [0.05, 0.1) is 5.56 Å². The van der Waals surface area contributed by atoms with Crippen molar-refractivity contribution in [1.29, 1.82) is 0 Å². The average molecular weight is 287 g/mol. The molecular formula is C16H24F3N. The van der Waals surface area contributed by atoms with Crippen molar-refractivity contribution in [3.8, 4) is 0 Å². The molecule has 0 saturated heterocycles. The van der Waals surface area contributed by atoms with Gasteiger partial charge < -0.3 is 5.73 Å². The molecule has 0 heterocycles. The second-order valence-corrected chi connectivity index (χ2v) is 5.54. The Morgan fingerprint density at radius 3 is 2.35 bits per heavy atom. The Hall–Kier alpha value is -1.03. The molecule has 4 heteroatoms. The smallest absolute Gasteiger partial charge is 0.330 e. The van der Waals surface area contributed by atoms with E-state index in [0.717, 1.165) is 37.3 Å². The van der Waals surface area contributed by atoms with E-state index < -0.39 is 11.7 Å². The summed E-state index contributed by atoms with van der Waals surface area (Å²) in [5.74, 6) is 0. The number of nitrogens with two attached hydrogens (primary N) is 1. The van der Waals surface area contributed by atoms with Gasteiger partial charge in [-0.15, -0.1) is 0 Å². The summed E-state index contributed by atoms with van der Waals surface area (Å²) in [5, 5.41) is 0. The van der Waals surface area contributed by atoms with Gasteiger partial charge in [-0.3, -0.25) is 0 Å². The number of hydrogen-bond acceptors (Lipinski definition) is 1. The molecule has 114 valence electrons. The third-order valence-electron chi connectivity index (χ3n) is 4.08. The van der Waals surface area contributed by atoms with Crippen molar-refractivity contribution in [1.82, 2.24) is 0 Å². The van der Waals surface area contributed by atoms with Crippen LogP contribution < -0.4 is 5.73 Å². The monoisotopic (exact) mass is 287 g/mol. The van der Waals surface area contributed by atoms with Crippen molar-refractivity contribution in [2.45, 2.75) is 52.1 Å². The number of unbranched alkanes of at least 4 members (excludes halogenated alkanes) is 1. The highest BCUT2D eigenvalue weighted by atomic mass is 19.4. The molecule has 1 nitrogen and oxygen atoms in total. The maximum atomic E-state index is 12.7. The van der Waals surface area contributed by atoms with E-state index in [0.29, 0.717) is 13.0 Å². The lowest BCUT2D eigenvalue weighted by molar-refractivity contribution is -0.137. The van der Waals surface area contributed by atoms with Crippen molar-refractivity contribution in [2.24, 2.45) is 11.1 Å². The van der Waals surface area contributed by atoms with Gasteiger partial charge in [-0.25, -0.2) is 0 Å². The Kier molecular flexibility index (Phi) is 6.06. The summed E-state index contributed by atoms with van der Waals surface area (Å²) >= 11 is 0. The van der Waals surface area contributed by atoms with Gasteiger partial charge in [0.25, 0.3) is 0 Å². The minimum Gasteiger partial charge on any atom is -0.330 e. The first-order valence-electron chi connectivity index (χ1n) is 7.23. The van der Waals surface area contributed by atoms with Crippen LogP contribution in [0.4, 0.5) is 13.2 Å². The van der Waals surface area contributed by atoms with Crippen LogP contribution in [0, 0.1) is 5.41 Å². The van der Waals surface area contributed by atoms with E-state index in [1.165, 1.54) is 12.1 Å². The summed E-state index contributed by atoms with van der Waals surface area (Å²) in [5.41, 5.74) is 5.97. The van der Waals surface area contributed by atoms with Gasteiger partial charge in [-0.2, -0.15) is 13.2 Å². The van der Waals surface area contributed by atoms with Gasteiger partial charge in [-0.05, 0) is 42.9 Å². The van der Waals surface area contributed by atoms with Gasteiger partial charge in [-0.1, -0.05) is 44.9 Å². The molecule has 0 bridgehead atoms. The van der Waals surface area contributed by atoms with Crippen LogP contribution in [-0.2, 0) is 12.6 Å². The van der Waals surface area contributed by atoms with E-state index >= 15 is 0 Å². The van der Waals surface area contributed by atoms with Gasteiger partial charge in [0.15, 0.2) is 0 Å². The Morgan fingerprint density at radius 2 is 1.85 bits per heavy atom. The van der Waals surface area contributed by atoms with Gasteiger partial charge in [0, 0.05) is 0 Å². The lowest BCUT2D eigenvalue weighted by atomic mass is 9.75. The summed E-state index contributed by atoms with van der Waals surface area (Å²) in [6, 6.07) is 5.62. The van der Waals surface area contributed by atoms with Crippen molar-refractivity contribution in [2.75, 3.05) is 6.54 Å². The number of alkyl halides is 3. The van der Waals surface area contributed by atoms with E-state index in [4.69, 9.17) is 5.73 Å². The molecule has 0 aromatic heterocycles. The predicted octanol–water partition coefficient (Wildman–Crippen LogP) is 4.79. The molecule has 0 aliphatic carbocycles. The Morgan fingerprint density at radius 1 is 1.15 bits per heavy atom. The number of hydrogen-bond donors (Lipinski definition) is 1. The number of halogens is 3. The molecule has 1 rings (SSSR count). The minimum absolute atomic E-state index is 0.0831. The molecule has 1 atom stereocenters. The fraction of sp³-hybridized carbons (Fsp3) is 0.625. The molecule has 0 amide bonds. The highest BCUT2D eigenvalue weighted by Gasteiger charge is 2.31. The Balaban J connectivity index is 2.94. The maximum absolute atomic E-state index is 12.7. The molecular weight excluding hydrogens is 263 g/mol. The summed E-state index contributed by atoms with van der Waals surface area (Å²) in [6.07, 6.45) is 0.321. The third-order valence-corrected chi connectivity index (χ3v) is 4.08. The fourth-order valence-electron chi connectivity index (χ4n) is 2.55. The predicted molar refractivity (Wildman–Crippen MR) is 76.5 cm³/mol. The van der Waals surface area contributed by atoms with Crippen LogP contribution in [0.25, 0.3) is 0 Å². The molecule has 1 unspecified atom stereocenters. The van der Waals surface area contributed by atoms with E-state index in [-0.39, 0.29) is 5.41 Å². The summed E-state index contributed by atoms with van der Waals surface area (Å²) in [4.78, 5) is 0. The zero-order valence-corrected chi connectivity index (χ0v) is 12.3. The van der Waals surface area contributed by atoms with Crippen LogP contribution in [0.3, 0.4) is 0 Å². The van der Waals surface area contributed by atoms with Crippen LogP contribution in [0.2, 0.25) is 0 Å². The van der Waals surface area contributed by atoms with Gasteiger partial charge in [0.1, 0.15) is 0 Å². The van der Waals surface area contributed by atoms with E-state index in [2.05, 4.69) is 13.8 Å². The standard InChI is InChI=1S/C16H24F3N/c1-3-5-9-15(4-2,12-20)11-13-7-6-8-14(10-13)16(17,18)19/h6-8,10H,3-5,9,11-12,20H2,1-2H3. The lowest BCUT2D eigenvalue weighted by Gasteiger charge is -2.32. The van der Waals surface area contributed by atoms with Crippen LogP contribution in [0.5, 0.6) is 0 Å².